The molecular weight excluding hydrogens is 426 g/mol. The lowest BCUT2D eigenvalue weighted by atomic mass is 10.0. The maximum Gasteiger partial charge on any atom is 0.0849 e. The van der Waals surface area contributed by atoms with E-state index in [-0.39, 0.29) is 0 Å². The standard InChI is InChI=1S/C29H26ClN3/c1-19-11-8-15-24(23-13-6-5-7-14-23)28(19)31-21(3)26-17-10-18-27(33-26)22(4)32-29-20(2)12-9-16-25(29)30/h5-18H,1-4H3/b31-21+,32-22+. The van der Waals surface area contributed by atoms with E-state index < -0.39 is 0 Å². The predicted octanol–water partition coefficient (Wildman–Crippen LogP) is 8.30. The lowest BCUT2D eigenvalue weighted by Crippen LogP contribution is -2.05. The third-order valence-electron chi connectivity index (χ3n) is 5.56. The number of hydrogen-bond donors (Lipinski definition) is 0. The number of pyridine rings is 1. The second-order valence-corrected chi connectivity index (χ2v) is 8.45. The SMILES string of the molecule is C/C(=N\c1c(C)cccc1Cl)c1cccc(/C(C)=N/c2c(C)cccc2-c2ccccc2)n1. The molecule has 1 aromatic heterocycles. The van der Waals surface area contributed by atoms with Crippen molar-refractivity contribution in [2.24, 2.45) is 9.98 Å². The summed E-state index contributed by atoms with van der Waals surface area (Å²) < 4.78 is 0. The number of aliphatic imine (C=N–C) groups is 2. The third-order valence-corrected chi connectivity index (χ3v) is 5.87. The lowest BCUT2D eigenvalue weighted by Gasteiger charge is -2.11. The van der Waals surface area contributed by atoms with Crippen molar-refractivity contribution in [2.45, 2.75) is 27.7 Å². The molecule has 3 nitrogen and oxygen atoms in total. The van der Waals surface area contributed by atoms with Crippen LogP contribution in [0.4, 0.5) is 11.4 Å². The molecule has 0 radical (unpaired) electrons. The number of para-hydroxylation sites is 2. The van der Waals surface area contributed by atoms with Crippen LogP contribution in [0, 0.1) is 13.8 Å². The van der Waals surface area contributed by atoms with Crippen LogP contribution in [0.25, 0.3) is 11.1 Å². The van der Waals surface area contributed by atoms with Gasteiger partial charge in [0.05, 0.1) is 39.2 Å². The van der Waals surface area contributed by atoms with Gasteiger partial charge in [-0.15, -0.1) is 0 Å². The molecule has 0 saturated heterocycles. The van der Waals surface area contributed by atoms with Gasteiger partial charge < -0.3 is 0 Å². The molecule has 0 saturated carbocycles. The van der Waals surface area contributed by atoms with E-state index in [1.165, 1.54) is 0 Å². The van der Waals surface area contributed by atoms with Crippen molar-refractivity contribution in [3.05, 3.63) is 112 Å². The van der Waals surface area contributed by atoms with E-state index in [2.05, 4.69) is 37.3 Å². The zero-order valence-corrected chi connectivity index (χ0v) is 20.1. The Hall–Kier alpha value is -3.56. The van der Waals surface area contributed by atoms with Gasteiger partial charge in [0.1, 0.15) is 0 Å². The quantitative estimate of drug-likeness (QED) is 0.281. The van der Waals surface area contributed by atoms with Gasteiger partial charge in [-0.1, -0.05) is 78.3 Å². The lowest BCUT2D eigenvalue weighted by molar-refractivity contribution is 1.23. The van der Waals surface area contributed by atoms with Crippen LogP contribution >= 0.6 is 11.6 Å². The molecule has 0 N–H and O–H groups in total. The van der Waals surface area contributed by atoms with Gasteiger partial charge in [-0.25, -0.2) is 9.98 Å². The molecule has 164 valence electrons. The number of halogens is 1. The van der Waals surface area contributed by atoms with Crippen molar-refractivity contribution in [2.75, 3.05) is 0 Å². The molecule has 0 fully saturated rings. The summed E-state index contributed by atoms with van der Waals surface area (Å²) in [6.45, 7) is 8.05. The minimum absolute atomic E-state index is 0.635. The first kappa shape index (κ1) is 22.6. The molecule has 0 aliphatic heterocycles. The summed E-state index contributed by atoms with van der Waals surface area (Å²) in [6.07, 6.45) is 0. The van der Waals surface area contributed by atoms with Gasteiger partial charge in [-0.05, 0) is 62.6 Å². The molecule has 4 rings (SSSR count). The van der Waals surface area contributed by atoms with Crippen molar-refractivity contribution in [1.29, 1.82) is 0 Å². The van der Waals surface area contributed by atoms with Crippen molar-refractivity contribution in [3.8, 4) is 11.1 Å². The van der Waals surface area contributed by atoms with E-state index in [0.29, 0.717) is 5.02 Å². The van der Waals surface area contributed by atoms with E-state index >= 15 is 0 Å². The van der Waals surface area contributed by atoms with Crippen molar-refractivity contribution in [1.82, 2.24) is 4.98 Å². The van der Waals surface area contributed by atoms with E-state index in [1.54, 1.807) is 0 Å². The fourth-order valence-corrected chi connectivity index (χ4v) is 3.97. The Bertz CT molecular complexity index is 1330. The van der Waals surface area contributed by atoms with Crippen LogP contribution in [0.1, 0.15) is 36.4 Å². The first-order chi connectivity index (χ1) is 15.9. The molecule has 1 heterocycles. The number of aryl methyl sites for hydroxylation is 2. The summed E-state index contributed by atoms with van der Waals surface area (Å²) >= 11 is 6.37. The smallest absolute Gasteiger partial charge is 0.0849 e. The molecule has 33 heavy (non-hydrogen) atoms. The number of rotatable bonds is 5. The zero-order valence-electron chi connectivity index (χ0n) is 19.3. The van der Waals surface area contributed by atoms with Crippen LogP contribution in [0.3, 0.4) is 0 Å². The second kappa shape index (κ2) is 9.93. The number of hydrogen-bond acceptors (Lipinski definition) is 3. The largest absolute Gasteiger partial charge is 0.251 e. The molecule has 0 aliphatic carbocycles. The first-order valence-electron chi connectivity index (χ1n) is 10.9. The van der Waals surface area contributed by atoms with Crippen LogP contribution in [0.15, 0.2) is 94.9 Å². The molecule has 0 unspecified atom stereocenters. The average Bonchev–Trinajstić information content (AvgIpc) is 2.83. The minimum atomic E-state index is 0.635. The van der Waals surface area contributed by atoms with Gasteiger partial charge in [0.2, 0.25) is 0 Å². The van der Waals surface area contributed by atoms with Crippen molar-refractivity contribution in [3.63, 3.8) is 0 Å². The Morgan fingerprint density at radius 2 is 1.18 bits per heavy atom. The Morgan fingerprint density at radius 3 is 1.82 bits per heavy atom. The Morgan fingerprint density at radius 1 is 0.636 bits per heavy atom. The van der Waals surface area contributed by atoms with E-state index in [0.717, 1.165) is 56.4 Å². The number of nitrogens with zero attached hydrogens (tertiary/aromatic N) is 3. The Labute approximate surface area is 200 Å². The van der Waals surface area contributed by atoms with Crippen LogP contribution in [-0.2, 0) is 0 Å². The Kier molecular flexibility index (Phi) is 6.81. The number of aromatic nitrogens is 1. The first-order valence-corrected chi connectivity index (χ1v) is 11.3. The van der Waals surface area contributed by atoms with Crippen LogP contribution in [0.2, 0.25) is 5.02 Å². The molecule has 4 heteroatoms. The molecule has 0 spiro atoms. The molecule has 4 aromatic rings. The highest BCUT2D eigenvalue weighted by atomic mass is 35.5. The van der Waals surface area contributed by atoms with E-state index in [9.17, 15) is 0 Å². The summed E-state index contributed by atoms with van der Waals surface area (Å²) in [5.41, 5.74) is 9.43. The van der Waals surface area contributed by atoms with E-state index in [1.807, 2.05) is 75.4 Å². The molecule has 0 amide bonds. The topological polar surface area (TPSA) is 37.6 Å². The minimum Gasteiger partial charge on any atom is -0.251 e. The van der Waals surface area contributed by atoms with Gasteiger partial charge in [0.15, 0.2) is 0 Å². The maximum atomic E-state index is 6.37. The monoisotopic (exact) mass is 451 g/mol. The van der Waals surface area contributed by atoms with Gasteiger partial charge >= 0.3 is 0 Å². The maximum absolute atomic E-state index is 6.37. The van der Waals surface area contributed by atoms with Crippen molar-refractivity contribution < 1.29 is 0 Å². The molecule has 0 bridgehead atoms. The fraction of sp³-hybridized carbons (Fsp3) is 0.138. The third kappa shape index (κ3) is 5.10. The van der Waals surface area contributed by atoms with Gasteiger partial charge in [0, 0.05) is 5.56 Å². The summed E-state index contributed by atoms with van der Waals surface area (Å²) in [7, 11) is 0. The summed E-state index contributed by atoms with van der Waals surface area (Å²) in [5.74, 6) is 0. The van der Waals surface area contributed by atoms with Gasteiger partial charge in [0.25, 0.3) is 0 Å². The molecule has 0 atom stereocenters. The van der Waals surface area contributed by atoms with Crippen LogP contribution in [-0.4, -0.2) is 16.4 Å². The normalized spacial score (nSPS) is 12.2. The molecular formula is C29H26ClN3. The molecule has 3 aromatic carbocycles. The highest BCUT2D eigenvalue weighted by Crippen LogP contribution is 2.33. The van der Waals surface area contributed by atoms with Crippen LogP contribution < -0.4 is 0 Å². The van der Waals surface area contributed by atoms with Crippen LogP contribution in [0.5, 0.6) is 0 Å². The van der Waals surface area contributed by atoms with Crippen molar-refractivity contribution >= 4 is 34.4 Å². The predicted molar refractivity (Wildman–Crippen MR) is 141 cm³/mol. The average molecular weight is 452 g/mol. The van der Waals surface area contributed by atoms with Gasteiger partial charge in [-0.2, -0.15) is 0 Å². The second-order valence-electron chi connectivity index (χ2n) is 8.04. The fourth-order valence-electron chi connectivity index (χ4n) is 3.71. The highest BCUT2D eigenvalue weighted by molar-refractivity contribution is 6.33. The summed E-state index contributed by atoms with van der Waals surface area (Å²) in [4.78, 5) is 14.6. The number of benzene rings is 3. The molecule has 0 aliphatic rings. The Balaban J connectivity index is 1.73. The highest BCUT2D eigenvalue weighted by Gasteiger charge is 2.10. The summed E-state index contributed by atoms with van der Waals surface area (Å²) in [5, 5.41) is 0.635. The van der Waals surface area contributed by atoms with E-state index in [4.69, 9.17) is 26.6 Å². The van der Waals surface area contributed by atoms with Gasteiger partial charge in [-0.3, -0.25) is 4.99 Å². The zero-order chi connectivity index (χ0) is 23.4. The summed E-state index contributed by atoms with van der Waals surface area (Å²) in [6, 6.07) is 28.3.